The van der Waals surface area contributed by atoms with Gasteiger partial charge in [0.1, 0.15) is 5.69 Å². The number of nitrogens with one attached hydrogen (secondary N) is 1. The van der Waals surface area contributed by atoms with Gasteiger partial charge in [-0.05, 0) is 17.7 Å². The maximum atomic E-state index is 11.8. The lowest BCUT2D eigenvalue weighted by Crippen LogP contribution is -3.02. The van der Waals surface area contributed by atoms with Crippen molar-refractivity contribution in [3.8, 4) is 0 Å². The van der Waals surface area contributed by atoms with Crippen molar-refractivity contribution < 1.29 is 5.06 Å². The maximum Gasteiger partial charge on any atom is 0.131 e. The van der Waals surface area contributed by atoms with Crippen molar-refractivity contribution >= 4 is 5.69 Å². The summed E-state index contributed by atoms with van der Waals surface area (Å²) in [5.74, 6) is 0. The minimum absolute atomic E-state index is 0.212. The highest BCUT2D eigenvalue weighted by Crippen LogP contribution is 2.00. The molecule has 0 heterocycles. The summed E-state index contributed by atoms with van der Waals surface area (Å²) < 4.78 is 0. The topological polar surface area (TPSA) is 27.5 Å². The minimum Gasteiger partial charge on any atom is -0.629 e. The van der Waals surface area contributed by atoms with Crippen molar-refractivity contribution in [3.05, 3.63) is 71.4 Å². The highest BCUT2D eigenvalue weighted by molar-refractivity contribution is 5.28. The first-order chi connectivity index (χ1) is 7.86. The third kappa shape index (κ3) is 2.92. The standard InChI is InChI=1S/C14H15NO/c16-15(14-9-5-2-6-10-14)12-11-13-7-3-1-4-8-13/h1-10,15H,11-12H2. The van der Waals surface area contributed by atoms with Gasteiger partial charge in [0.15, 0.2) is 0 Å². The predicted molar refractivity (Wildman–Crippen MR) is 65.4 cm³/mol. The molecule has 0 aliphatic carbocycles. The largest absolute Gasteiger partial charge is 0.629 e. The molecule has 0 aliphatic rings. The van der Waals surface area contributed by atoms with Crippen molar-refractivity contribution in [2.75, 3.05) is 6.54 Å². The van der Waals surface area contributed by atoms with E-state index in [1.54, 1.807) is 0 Å². The first kappa shape index (κ1) is 10.9. The van der Waals surface area contributed by atoms with Crippen LogP contribution in [0.2, 0.25) is 0 Å². The van der Waals surface area contributed by atoms with Crippen molar-refractivity contribution in [3.63, 3.8) is 0 Å². The van der Waals surface area contributed by atoms with Gasteiger partial charge in [-0.15, -0.1) is 0 Å². The molecule has 0 fully saturated rings. The van der Waals surface area contributed by atoms with E-state index in [1.807, 2.05) is 48.5 Å². The Morgan fingerprint density at radius 1 is 0.812 bits per heavy atom. The molecule has 0 aliphatic heterocycles. The molecule has 2 rings (SSSR count). The number of hydrogen-bond donors (Lipinski definition) is 1. The van der Waals surface area contributed by atoms with Gasteiger partial charge in [0, 0.05) is 6.42 Å². The molecule has 0 saturated carbocycles. The molecular formula is C14H15NO. The minimum atomic E-state index is 0.212. The van der Waals surface area contributed by atoms with E-state index >= 15 is 0 Å². The summed E-state index contributed by atoms with van der Waals surface area (Å²) in [5.41, 5.74) is 2.02. The number of rotatable bonds is 4. The third-order valence-corrected chi connectivity index (χ3v) is 2.58. The van der Waals surface area contributed by atoms with Crippen LogP contribution in [0.3, 0.4) is 0 Å². The molecule has 1 unspecified atom stereocenters. The number of hydrogen-bond acceptors (Lipinski definition) is 1. The summed E-state index contributed by atoms with van der Waals surface area (Å²) in [6.07, 6.45) is 0.814. The maximum absolute atomic E-state index is 11.8. The van der Waals surface area contributed by atoms with E-state index in [0.29, 0.717) is 6.54 Å². The molecule has 0 aromatic heterocycles. The van der Waals surface area contributed by atoms with E-state index in [-0.39, 0.29) is 5.06 Å². The second-order valence-electron chi connectivity index (χ2n) is 3.77. The Hall–Kier alpha value is -1.64. The molecule has 16 heavy (non-hydrogen) atoms. The third-order valence-electron chi connectivity index (χ3n) is 2.58. The highest BCUT2D eigenvalue weighted by atomic mass is 16.5. The van der Waals surface area contributed by atoms with Gasteiger partial charge in [-0.2, -0.15) is 0 Å². The van der Waals surface area contributed by atoms with Crippen LogP contribution in [0.15, 0.2) is 60.7 Å². The number of quaternary nitrogens is 1. The van der Waals surface area contributed by atoms with Gasteiger partial charge in [0.2, 0.25) is 0 Å². The Balaban J connectivity index is 1.92. The fraction of sp³-hybridized carbons (Fsp3) is 0.143. The quantitative estimate of drug-likeness (QED) is 0.772. The van der Waals surface area contributed by atoms with Crippen molar-refractivity contribution in [1.82, 2.24) is 0 Å². The zero-order valence-electron chi connectivity index (χ0n) is 9.10. The van der Waals surface area contributed by atoms with Crippen LogP contribution in [0.5, 0.6) is 0 Å². The van der Waals surface area contributed by atoms with Gasteiger partial charge in [0.05, 0.1) is 6.54 Å². The molecule has 2 aromatic carbocycles. The molecular weight excluding hydrogens is 198 g/mol. The predicted octanol–water partition coefficient (Wildman–Crippen LogP) is 1.94. The molecule has 0 bridgehead atoms. The van der Waals surface area contributed by atoms with E-state index in [9.17, 15) is 5.21 Å². The van der Waals surface area contributed by atoms with E-state index in [0.717, 1.165) is 12.1 Å². The molecule has 1 atom stereocenters. The molecule has 82 valence electrons. The van der Waals surface area contributed by atoms with Crippen LogP contribution in [0.25, 0.3) is 0 Å². The molecule has 0 spiro atoms. The summed E-state index contributed by atoms with van der Waals surface area (Å²) >= 11 is 0. The van der Waals surface area contributed by atoms with Gasteiger partial charge in [0.25, 0.3) is 0 Å². The van der Waals surface area contributed by atoms with Gasteiger partial charge in [-0.3, -0.25) is 0 Å². The van der Waals surface area contributed by atoms with E-state index in [1.165, 1.54) is 5.56 Å². The smallest absolute Gasteiger partial charge is 0.131 e. The van der Waals surface area contributed by atoms with Crippen LogP contribution in [-0.2, 0) is 6.42 Å². The fourth-order valence-electron chi connectivity index (χ4n) is 1.67. The lowest BCUT2D eigenvalue weighted by atomic mass is 10.1. The molecule has 2 heteroatoms. The Morgan fingerprint density at radius 3 is 2.00 bits per heavy atom. The van der Waals surface area contributed by atoms with Crippen LogP contribution in [-0.4, -0.2) is 6.54 Å². The van der Waals surface area contributed by atoms with Gasteiger partial charge in [-0.1, -0.05) is 48.5 Å². The first-order valence-electron chi connectivity index (χ1n) is 5.48. The summed E-state index contributed by atoms with van der Waals surface area (Å²) in [4.78, 5) is 0. The Bertz CT molecular complexity index is 413. The molecule has 2 aromatic rings. The van der Waals surface area contributed by atoms with Crippen molar-refractivity contribution in [2.45, 2.75) is 6.42 Å². The van der Waals surface area contributed by atoms with Gasteiger partial charge >= 0.3 is 0 Å². The van der Waals surface area contributed by atoms with Crippen molar-refractivity contribution in [2.24, 2.45) is 0 Å². The Morgan fingerprint density at radius 2 is 1.38 bits per heavy atom. The zero-order chi connectivity index (χ0) is 11.2. The molecule has 0 amide bonds. The fourth-order valence-corrected chi connectivity index (χ4v) is 1.67. The highest BCUT2D eigenvalue weighted by Gasteiger charge is 2.01. The SMILES string of the molecule is [O-][NH+](CCc1ccccc1)c1ccccc1. The molecule has 0 radical (unpaired) electrons. The van der Waals surface area contributed by atoms with Crippen LogP contribution in [0.4, 0.5) is 5.69 Å². The lowest BCUT2D eigenvalue weighted by Gasteiger charge is -2.21. The normalized spacial score (nSPS) is 12.3. The summed E-state index contributed by atoms with van der Waals surface area (Å²) in [6, 6.07) is 19.6. The van der Waals surface area contributed by atoms with E-state index < -0.39 is 0 Å². The Labute approximate surface area is 95.7 Å². The second-order valence-corrected chi connectivity index (χ2v) is 3.77. The van der Waals surface area contributed by atoms with Crippen LogP contribution >= 0.6 is 0 Å². The van der Waals surface area contributed by atoms with E-state index in [2.05, 4.69) is 12.1 Å². The summed E-state index contributed by atoms with van der Waals surface area (Å²) in [6.45, 7) is 0.577. The van der Waals surface area contributed by atoms with Crippen LogP contribution in [0, 0.1) is 5.21 Å². The second kappa shape index (κ2) is 5.45. The van der Waals surface area contributed by atoms with Gasteiger partial charge < -0.3 is 10.3 Å². The van der Waals surface area contributed by atoms with Crippen LogP contribution < -0.4 is 5.06 Å². The average molecular weight is 213 g/mol. The van der Waals surface area contributed by atoms with Crippen molar-refractivity contribution in [1.29, 1.82) is 0 Å². The monoisotopic (exact) mass is 213 g/mol. The Kier molecular flexibility index (Phi) is 3.70. The number of hydroxylamine groups is 1. The lowest BCUT2D eigenvalue weighted by molar-refractivity contribution is -0.776. The number of benzene rings is 2. The summed E-state index contributed by atoms with van der Waals surface area (Å²) in [7, 11) is 0. The first-order valence-corrected chi connectivity index (χ1v) is 5.48. The van der Waals surface area contributed by atoms with Crippen LogP contribution in [0.1, 0.15) is 5.56 Å². The number of para-hydroxylation sites is 1. The average Bonchev–Trinajstić information content (AvgIpc) is 2.38. The molecule has 2 nitrogen and oxygen atoms in total. The molecule has 0 saturated heterocycles. The van der Waals surface area contributed by atoms with Gasteiger partial charge in [-0.25, -0.2) is 0 Å². The van der Waals surface area contributed by atoms with E-state index in [4.69, 9.17) is 0 Å². The zero-order valence-corrected chi connectivity index (χ0v) is 9.10. The molecule has 1 N–H and O–H groups in total. The summed E-state index contributed by atoms with van der Waals surface area (Å²) in [5, 5.41) is 12.0.